The Morgan fingerprint density at radius 1 is 1.32 bits per heavy atom. The van der Waals surface area contributed by atoms with Gasteiger partial charge in [-0.05, 0) is 64.3 Å². The van der Waals surface area contributed by atoms with Crippen LogP contribution in [-0.4, -0.2) is 31.1 Å². The van der Waals surface area contributed by atoms with E-state index in [0.29, 0.717) is 30.9 Å². The minimum Gasteiger partial charge on any atom is -0.496 e. The highest BCUT2D eigenvalue weighted by molar-refractivity contribution is 6.07. The number of amides is 1. The summed E-state index contributed by atoms with van der Waals surface area (Å²) >= 11 is 0. The standard InChI is InChI=1S/C22H27NO5/c1-6-23-17-13-19(26-5)16(18-8-7-11-27-18)12-14(17)9-10-15(20(23)24)21(25)28-22(2,3)4/h7-8,11-13,15H,6,9-10H2,1-5H3. The van der Waals surface area contributed by atoms with E-state index in [9.17, 15) is 9.59 Å². The van der Waals surface area contributed by atoms with Crippen LogP contribution in [0, 0.1) is 5.92 Å². The van der Waals surface area contributed by atoms with E-state index in [1.165, 1.54) is 0 Å². The first-order valence-electron chi connectivity index (χ1n) is 9.54. The van der Waals surface area contributed by atoms with Crippen molar-refractivity contribution in [3.8, 4) is 17.1 Å². The van der Waals surface area contributed by atoms with Gasteiger partial charge in [0.15, 0.2) is 0 Å². The zero-order valence-electron chi connectivity index (χ0n) is 17.1. The van der Waals surface area contributed by atoms with Crippen LogP contribution in [-0.2, 0) is 20.7 Å². The van der Waals surface area contributed by atoms with Gasteiger partial charge in [0, 0.05) is 12.6 Å². The van der Waals surface area contributed by atoms with Crippen molar-refractivity contribution in [2.75, 3.05) is 18.6 Å². The first-order chi connectivity index (χ1) is 13.2. The van der Waals surface area contributed by atoms with Gasteiger partial charge in [-0.1, -0.05) is 0 Å². The summed E-state index contributed by atoms with van der Waals surface area (Å²) in [4.78, 5) is 27.4. The second-order valence-electron chi connectivity index (χ2n) is 7.87. The predicted octanol–water partition coefficient (Wildman–Crippen LogP) is 4.21. The van der Waals surface area contributed by atoms with Crippen LogP contribution in [0.25, 0.3) is 11.3 Å². The van der Waals surface area contributed by atoms with Crippen LogP contribution in [0.1, 0.15) is 39.7 Å². The Balaban J connectivity index is 2.02. The number of benzene rings is 1. The fourth-order valence-electron chi connectivity index (χ4n) is 3.51. The highest BCUT2D eigenvalue weighted by atomic mass is 16.6. The molecule has 1 aromatic carbocycles. The summed E-state index contributed by atoms with van der Waals surface area (Å²) in [5, 5.41) is 0. The molecule has 2 aromatic rings. The van der Waals surface area contributed by atoms with Gasteiger partial charge in [-0.15, -0.1) is 0 Å². The van der Waals surface area contributed by atoms with Crippen molar-refractivity contribution in [2.45, 2.75) is 46.1 Å². The lowest BCUT2D eigenvalue weighted by Crippen LogP contribution is -2.41. The van der Waals surface area contributed by atoms with Crippen molar-refractivity contribution >= 4 is 17.6 Å². The molecule has 0 aliphatic carbocycles. The Morgan fingerprint density at radius 2 is 2.07 bits per heavy atom. The number of methoxy groups -OCH3 is 1. The summed E-state index contributed by atoms with van der Waals surface area (Å²) in [6.45, 7) is 7.76. The minimum absolute atomic E-state index is 0.233. The molecule has 1 unspecified atom stereocenters. The fraction of sp³-hybridized carbons (Fsp3) is 0.455. The number of nitrogens with zero attached hydrogens (tertiary/aromatic N) is 1. The number of hydrogen-bond donors (Lipinski definition) is 0. The molecule has 28 heavy (non-hydrogen) atoms. The topological polar surface area (TPSA) is 69.0 Å². The number of furan rings is 1. The highest BCUT2D eigenvalue weighted by Gasteiger charge is 2.37. The lowest BCUT2D eigenvalue weighted by molar-refractivity contribution is -0.162. The van der Waals surface area contributed by atoms with Crippen LogP contribution >= 0.6 is 0 Å². The summed E-state index contributed by atoms with van der Waals surface area (Å²) in [5.74, 6) is -0.201. The van der Waals surface area contributed by atoms with Gasteiger partial charge in [-0.2, -0.15) is 0 Å². The number of anilines is 1. The third kappa shape index (κ3) is 3.91. The Hall–Kier alpha value is -2.76. The van der Waals surface area contributed by atoms with Crippen molar-refractivity contribution in [3.05, 3.63) is 36.1 Å². The van der Waals surface area contributed by atoms with E-state index in [1.807, 2.05) is 31.2 Å². The molecule has 0 bridgehead atoms. The van der Waals surface area contributed by atoms with E-state index >= 15 is 0 Å². The summed E-state index contributed by atoms with van der Waals surface area (Å²) in [5.41, 5.74) is 1.94. The molecule has 2 heterocycles. The van der Waals surface area contributed by atoms with Gasteiger partial charge in [0.1, 0.15) is 23.0 Å². The molecule has 3 rings (SSSR count). The maximum atomic E-state index is 13.1. The second kappa shape index (κ2) is 7.70. The molecular formula is C22H27NO5. The molecule has 0 N–H and O–H groups in total. The fourth-order valence-corrected chi connectivity index (χ4v) is 3.51. The van der Waals surface area contributed by atoms with Crippen molar-refractivity contribution in [3.63, 3.8) is 0 Å². The molecular weight excluding hydrogens is 358 g/mol. The lowest BCUT2D eigenvalue weighted by atomic mass is 9.98. The second-order valence-corrected chi connectivity index (χ2v) is 7.87. The lowest BCUT2D eigenvalue weighted by Gasteiger charge is -2.26. The van der Waals surface area contributed by atoms with Crippen LogP contribution in [0.3, 0.4) is 0 Å². The van der Waals surface area contributed by atoms with Crippen LogP contribution < -0.4 is 9.64 Å². The van der Waals surface area contributed by atoms with Crippen LogP contribution in [0.4, 0.5) is 5.69 Å². The molecule has 0 spiro atoms. The first-order valence-corrected chi connectivity index (χ1v) is 9.54. The van der Waals surface area contributed by atoms with Gasteiger partial charge in [-0.25, -0.2) is 0 Å². The molecule has 1 aromatic heterocycles. The van der Waals surface area contributed by atoms with Crippen molar-refractivity contribution in [2.24, 2.45) is 5.92 Å². The highest BCUT2D eigenvalue weighted by Crippen LogP contribution is 2.39. The Bertz CT molecular complexity index is 864. The molecule has 1 aliphatic heterocycles. The number of carbonyl (C=O) groups excluding carboxylic acids is 2. The van der Waals surface area contributed by atoms with Crippen LogP contribution in [0.5, 0.6) is 5.75 Å². The number of hydrogen-bond acceptors (Lipinski definition) is 5. The molecule has 0 fully saturated rings. The van der Waals surface area contributed by atoms with Gasteiger partial charge < -0.3 is 18.8 Å². The van der Waals surface area contributed by atoms with E-state index in [0.717, 1.165) is 16.8 Å². The molecule has 6 nitrogen and oxygen atoms in total. The Morgan fingerprint density at radius 3 is 2.64 bits per heavy atom. The van der Waals surface area contributed by atoms with Crippen molar-refractivity contribution in [1.29, 1.82) is 0 Å². The molecule has 0 radical (unpaired) electrons. The molecule has 1 amide bonds. The zero-order chi connectivity index (χ0) is 20.5. The SMILES string of the molecule is CCN1C(=O)C(C(=O)OC(C)(C)C)CCc2cc(-c3ccco3)c(OC)cc21. The van der Waals surface area contributed by atoms with Gasteiger partial charge in [0.25, 0.3) is 0 Å². The summed E-state index contributed by atoms with van der Waals surface area (Å²) in [6, 6.07) is 7.53. The third-order valence-electron chi connectivity index (χ3n) is 4.75. The maximum Gasteiger partial charge on any atom is 0.319 e. The van der Waals surface area contributed by atoms with E-state index < -0.39 is 17.5 Å². The largest absolute Gasteiger partial charge is 0.496 e. The van der Waals surface area contributed by atoms with E-state index in [-0.39, 0.29) is 5.91 Å². The number of carbonyl (C=O) groups is 2. The van der Waals surface area contributed by atoms with Crippen molar-refractivity contribution < 1.29 is 23.5 Å². The first kappa shape index (κ1) is 20.0. The number of aryl methyl sites for hydroxylation is 1. The number of rotatable bonds is 4. The molecule has 6 heteroatoms. The Labute approximate surface area is 165 Å². The quantitative estimate of drug-likeness (QED) is 0.582. The van der Waals surface area contributed by atoms with Crippen molar-refractivity contribution in [1.82, 2.24) is 0 Å². The number of fused-ring (bicyclic) bond motifs is 1. The normalized spacial score (nSPS) is 17.1. The smallest absolute Gasteiger partial charge is 0.319 e. The van der Waals surface area contributed by atoms with E-state index in [2.05, 4.69) is 0 Å². The zero-order valence-corrected chi connectivity index (χ0v) is 17.1. The molecule has 150 valence electrons. The van der Waals surface area contributed by atoms with Gasteiger partial charge in [0.2, 0.25) is 5.91 Å². The summed E-state index contributed by atoms with van der Waals surface area (Å²) < 4.78 is 16.6. The summed E-state index contributed by atoms with van der Waals surface area (Å²) in [7, 11) is 1.59. The third-order valence-corrected chi connectivity index (χ3v) is 4.75. The molecule has 1 aliphatic rings. The molecule has 0 saturated heterocycles. The maximum absolute atomic E-state index is 13.1. The average molecular weight is 385 g/mol. The van der Waals surface area contributed by atoms with E-state index in [4.69, 9.17) is 13.9 Å². The van der Waals surface area contributed by atoms with Crippen LogP contribution in [0.2, 0.25) is 0 Å². The average Bonchev–Trinajstić information content (AvgIpc) is 3.11. The molecule has 1 atom stereocenters. The minimum atomic E-state index is -0.815. The molecule has 0 saturated carbocycles. The Kier molecular flexibility index (Phi) is 5.49. The van der Waals surface area contributed by atoms with Gasteiger partial charge >= 0.3 is 5.97 Å². The summed E-state index contributed by atoms with van der Waals surface area (Å²) in [6.07, 6.45) is 2.60. The number of ether oxygens (including phenoxy) is 2. The van der Waals surface area contributed by atoms with Gasteiger partial charge in [-0.3, -0.25) is 9.59 Å². The van der Waals surface area contributed by atoms with Crippen LogP contribution in [0.15, 0.2) is 34.9 Å². The monoisotopic (exact) mass is 385 g/mol. The number of esters is 1. The van der Waals surface area contributed by atoms with Gasteiger partial charge in [0.05, 0.1) is 24.6 Å². The van der Waals surface area contributed by atoms with E-state index in [1.54, 1.807) is 39.0 Å². The predicted molar refractivity (Wildman–Crippen MR) is 106 cm³/mol.